The number of hydrogen-bond acceptors (Lipinski definition) is 5. The van der Waals surface area contributed by atoms with E-state index in [1.165, 1.54) is 0 Å². The van der Waals surface area contributed by atoms with Crippen molar-refractivity contribution in [2.45, 2.75) is 32.1 Å². The lowest BCUT2D eigenvalue weighted by atomic mass is 10.3. The number of nitrogens with one attached hydrogen (secondary N) is 1. The van der Waals surface area contributed by atoms with E-state index in [1.807, 2.05) is 6.92 Å². The molecule has 1 unspecified atom stereocenters. The van der Waals surface area contributed by atoms with E-state index in [2.05, 4.69) is 9.88 Å². The summed E-state index contributed by atoms with van der Waals surface area (Å²) in [7, 11) is -3.35. The molecule has 1 rings (SSSR count). The molecule has 0 aliphatic rings. The summed E-state index contributed by atoms with van der Waals surface area (Å²) in [6.07, 6.45) is 0.608. The van der Waals surface area contributed by atoms with E-state index in [9.17, 15) is 8.42 Å². The highest BCUT2D eigenvalue weighted by Crippen LogP contribution is 2.05. The largest absolute Gasteiger partial charge is 0.361 e. The Kier molecular flexibility index (Phi) is 4.45. The highest BCUT2D eigenvalue weighted by molar-refractivity contribution is 7.88. The summed E-state index contributed by atoms with van der Waals surface area (Å²) in [6, 6.07) is 1.59. The second-order valence-corrected chi connectivity index (χ2v) is 5.66. The molecule has 0 aliphatic heterocycles. The summed E-state index contributed by atoms with van der Waals surface area (Å²) in [5.41, 5.74) is 5.92. The minimum atomic E-state index is -3.35. The maximum atomic E-state index is 11.6. The predicted octanol–water partition coefficient (Wildman–Crippen LogP) is 0.140. The molecule has 0 aliphatic carbocycles. The van der Waals surface area contributed by atoms with Crippen LogP contribution in [0.1, 0.15) is 24.8 Å². The average molecular weight is 247 g/mol. The van der Waals surface area contributed by atoms with Crippen LogP contribution in [0.15, 0.2) is 10.6 Å². The first kappa shape index (κ1) is 13.1. The van der Waals surface area contributed by atoms with Crippen LogP contribution in [0.3, 0.4) is 0 Å². The zero-order chi connectivity index (χ0) is 12.2. The first-order valence-electron chi connectivity index (χ1n) is 5.04. The van der Waals surface area contributed by atoms with Crippen LogP contribution in [0.5, 0.6) is 0 Å². The van der Waals surface area contributed by atoms with Gasteiger partial charge in [-0.15, -0.1) is 0 Å². The maximum Gasteiger partial charge on any atom is 0.217 e. The third-order valence-corrected chi connectivity index (χ3v) is 3.26. The molecule has 1 atom stereocenters. The normalized spacial score (nSPS) is 13.9. The van der Waals surface area contributed by atoms with Gasteiger partial charge in [-0.25, -0.2) is 13.1 Å². The van der Waals surface area contributed by atoms with Crippen molar-refractivity contribution in [2.24, 2.45) is 5.73 Å². The number of aryl methyl sites for hydroxylation is 1. The van der Waals surface area contributed by atoms with Gasteiger partial charge < -0.3 is 10.3 Å². The lowest BCUT2D eigenvalue weighted by molar-refractivity contribution is 0.392. The van der Waals surface area contributed by atoms with Crippen molar-refractivity contribution < 1.29 is 12.9 Å². The second-order valence-electron chi connectivity index (χ2n) is 3.85. The van der Waals surface area contributed by atoms with Crippen molar-refractivity contribution in [1.82, 2.24) is 9.88 Å². The third-order valence-electron chi connectivity index (χ3n) is 1.94. The number of aromatic nitrogens is 1. The van der Waals surface area contributed by atoms with Gasteiger partial charge in [0.05, 0.1) is 0 Å². The first-order chi connectivity index (χ1) is 7.39. The Bertz CT molecular complexity index is 425. The van der Waals surface area contributed by atoms with Crippen LogP contribution in [-0.4, -0.2) is 26.2 Å². The summed E-state index contributed by atoms with van der Waals surface area (Å²) in [5, 5.41) is 3.63. The molecule has 7 heteroatoms. The van der Waals surface area contributed by atoms with Gasteiger partial charge in [0.1, 0.15) is 17.2 Å². The minimum absolute atomic E-state index is 0.0167. The molecular formula is C9H17N3O3S. The molecule has 16 heavy (non-hydrogen) atoms. The van der Waals surface area contributed by atoms with Crippen molar-refractivity contribution in [1.29, 1.82) is 0 Å². The Balaban J connectivity index is 2.46. The molecule has 6 nitrogen and oxygen atoms in total. The van der Waals surface area contributed by atoms with E-state index in [-0.39, 0.29) is 11.8 Å². The lowest BCUT2D eigenvalue weighted by Gasteiger charge is -2.06. The fourth-order valence-corrected chi connectivity index (χ4v) is 2.23. The van der Waals surface area contributed by atoms with Crippen LogP contribution in [0.25, 0.3) is 0 Å². The predicted molar refractivity (Wildman–Crippen MR) is 60.1 cm³/mol. The quantitative estimate of drug-likeness (QED) is 0.745. The van der Waals surface area contributed by atoms with Gasteiger partial charge in [-0.1, -0.05) is 5.16 Å². The topological polar surface area (TPSA) is 98.2 Å². The molecule has 0 saturated heterocycles. The molecule has 0 aromatic carbocycles. The van der Waals surface area contributed by atoms with Crippen LogP contribution >= 0.6 is 0 Å². The minimum Gasteiger partial charge on any atom is -0.361 e. The highest BCUT2D eigenvalue weighted by Gasteiger charge is 2.13. The van der Waals surface area contributed by atoms with Crippen molar-refractivity contribution in [2.75, 3.05) is 6.54 Å². The van der Waals surface area contributed by atoms with Gasteiger partial charge in [0, 0.05) is 18.7 Å². The summed E-state index contributed by atoms with van der Waals surface area (Å²) >= 11 is 0. The molecular weight excluding hydrogens is 230 g/mol. The number of nitrogens with two attached hydrogens (primary N) is 1. The zero-order valence-electron chi connectivity index (χ0n) is 9.43. The molecule has 1 aromatic rings. The maximum absolute atomic E-state index is 11.6. The van der Waals surface area contributed by atoms with Gasteiger partial charge in [0.2, 0.25) is 10.0 Å². The standard InChI is InChI=1S/C9H17N3O3S/c1-7(10)3-4-11-16(13,14)6-9-5-8(2)15-12-9/h5,7,11H,3-4,6,10H2,1-2H3. The summed E-state index contributed by atoms with van der Waals surface area (Å²) < 4.78 is 30.4. The summed E-state index contributed by atoms with van der Waals surface area (Å²) in [4.78, 5) is 0. The molecule has 1 heterocycles. The number of rotatable bonds is 6. The van der Waals surface area contributed by atoms with Crippen LogP contribution in [0.2, 0.25) is 0 Å². The molecule has 0 radical (unpaired) electrons. The smallest absolute Gasteiger partial charge is 0.217 e. The average Bonchev–Trinajstić information content (AvgIpc) is 2.48. The van der Waals surface area contributed by atoms with E-state index >= 15 is 0 Å². The molecule has 0 amide bonds. The first-order valence-corrected chi connectivity index (χ1v) is 6.69. The van der Waals surface area contributed by atoms with Gasteiger partial charge in [-0.05, 0) is 20.3 Å². The summed E-state index contributed by atoms with van der Waals surface area (Å²) in [5.74, 6) is 0.435. The van der Waals surface area contributed by atoms with Gasteiger partial charge in [0.25, 0.3) is 0 Å². The monoisotopic (exact) mass is 247 g/mol. The number of nitrogens with zero attached hydrogens (tertiary/aromatic N) is 1. The second kappa shape index (κ2) is 5.42. The van der Waals surface area contributed by atoms with Crippen molar-refractivity contribution in [3.8, 4) is 0 Å². The van der Waals surface area contributed by atoms with Crippen LogP contribution < -0.4 is 10.5 Å². The van der Waals surface area contributed by atoms with Crippen LogP contribution in [0, 0.1) is 6.92 Å². The van der Waals surface area contributed by atoms with Crippen molar-refractivity contribution in [3.05, 3.63) is 17.5 Å². The fourth-order valence-electron chi connectivity index (χ4n) is 1.17. The lowest BCUT2D eigenvalue weighted by Crippen LogP contribution is -2.30. The molecule has 92 valence electrons. The zero-order valence-corrected chi connectivity index (χ0v) is 10.3. The molecule has 0 bridgehead atoms. The van der Waals surface area contributed by atoms with Crippen molar-refractivity contribution >= 4 is 10.0 Å². The van der Waals surface area contributed by atoms with E-state index in [4.69, 9.17) is 10.3 Å². The SMILES string of the molecule is Cc1cc(CS(=O)(=O)NCCC(C)N)no1. The Hall–Kier alpha value is -0.920. The highest BCUT2D eigenvalue weighted by atomic mass is 32.2. The Morgan fingerprint density at radius 2 is 2.31 bits per heavy atom. The van der Waals surface area contributed by atoms with E-state index in [0.29, 0.717) is 24.4 Å². The molecule has 0 spiro atoms. The fraction of sp³-hybridized carbons (Fsp3) is 0.667. The molecule has 3 N–H and O–H groups in total. The van der Waals surface area contributed by atoms with E-state index in [0.717, 1.165) is 0 Å². The Labute approximate surface area is 95.2 Å². The Morgan fingerprint density at radius 3 is 2.81 bits per heavy atom. The number of hydrogen-bond donors (Lipinski definition) is 2. The van der Waals surface area contributed by atoms with Crippen LogP contribution in [0.4, 0.5) is 0 Å². The van der Waals surface area contributed by atoms with Gasteiger partial charge in [0.15, 0.2) is 0 Å². The number of sulfonamides is 1. The van der Waals surface area contributed by atoms with Gasteiger partial charge in [-0.3, -0.25) is 0 Å². The van der Waals surface area contributed by atoms with Gasteiger partial charge >= 0.3 is 0 Å². The van der Waals surface area contributed by atoms with E-state index in [1.54, 1.807) is 13.0 Å². The third kappa shape index (κ3) is 4.73. The Morgan fingerprint density at radius 1 is 1.62 bits per heavy atom. The van der Waals surface area contributed by atoms with Gasteiger partial charge in [-0.2, -0.15) is 0 Å². The molecule has 0 saturated carbocycles. The summed E-state index contributed by atoms with van der Waals surface area (Å²) in [6.45, 7) is 3.89. The van der Waals surface area contributed by atoms with Crippen LogP contribution in [-0.2, 0) is 15.8 Å². The molecule has 0 fully saturated rings. The molecule has 1 aromatic heterocycles. The van der Waals surface area contributed by atoms with E-state index < -0.39 is 10.0 Å². The van der Waals surface area contributed by atoms with Crippen molar-refractivity contribution in [3.63, 3.8) is 0 Å².